The molecular weight excluding hydrogens is 243 g/mol. The molecular formula is C11H17FN2O4. The molecule has 2 N–H and O–H groups in total. The molecule has 0 aromatic carbocycles. The molecule has 102 valence electrons. The van der Waals surface area contributed by atoms with Gasteiger partial charge in [0.1, 0.15) is 6.17 Å². The minimum Gasteiger partial charge on any atom is -0.394 e. The predicted molar refractivity (Wildman–Crippen MR) is 63.2 cm³/mol. The second kappa shape index (κ2) is 6.46. The molecule has 1 fully saturated rings. The van der Waals surface area contributed by atoms with Crippen LogP contribution in [0.15, 0.2) is 21.9 Å². The van der Waals surface area contributed by atoms with E-state index in [0.717, 1.165) is 10.6 Å². The van der Waals surface area contributed by atoms with Gasteiger partial charge < -0.3 is 9.84 Å². The van der Waals surface area contributed by atoms with Crippen LogP contribution in [0, 0.1) is 0 Å². The fraction of sp³-hybridized carbons (Fsp3) is 0.636. The van der Waals surface area contributed by atoms with Crippen molar-refractivity contribution < 1.29 is 14.2 Å². The molecule has 0 amide bonds. The van der Waals surface area contributed by atoms with Crippen LogP contribution < -0.4 is 11.2 Å². The number of aliphatic hydroxyl groups excluding tert-OH is 1. The zero-order valence-corrected chi connectivity index (χ0v) is 10.3. The number of alkyl halides is 1. The summed E-state index contributed by atoms with van der Waals surface area (Å²) in [6.07, 6.45) is -1.86. The number of nitrogens with one attached hydrogen (secondary N) is 1. The van der Waals surface area contributed by atoms with E-state index in [-0.39, 0.29) is 13.0 Å². The van der Waals surface area contributed by atoms with Crippen molar-refractivity contribution in [3.63, 3.8) is 0 Å². The van der Waals surface area contributed by atoms with Gasteiger partial charge in [-0.1, -0.05) is 13.8 Å². The van der Waals surface area contributed by atoms with Gasteiger partial charge in [0.15, 0.2) is 6.23 Å². The first-order valence-corrected chi connectivity index (χ1v) is 5.83. The summed E-state index contributed by atoms with van der Waals surface area (Å²) in [6, 6.07) is 1.11. The second-order valence-electron chi connectivity index (χ2n) is 3.60. The minimum absolute atomic E-state index is 0.0345. The highest BCUT2D eigenvalue weighted by Gasteiger charge is 2.36. The van der Waals surface area contributed by atoms with Gasteiger partial charge in [0.25, 0.3) is 5.56 Å². The molecule has 2 rings (SSSR count). The summed E-state index contributed by atoms with van der Waals surface area (Å²) in [5.74, 6) is 0. The average Bonchev–Trinajstić information content (AvgIpc) is 2.73. The Morgan fingerprint density at radius 1 is 1.56 bits per heavy atom. The minimum atomic E-state index is -1.37. The zero-order valence-electron chi connectivity index (χ0n) is 10.3. The molecule has 6 nitrogen and oxygen atoms in total. The number of hydrogen-bond acceptors (Lipinski definition) is 4. The lowest BCUT2D eigenvalue weighted by molar-refractivity contribution is -0.0394. The number of H-pyrrole nitrogens is 1. The molecule has 1 saturated heterocycles. The van der Waals surface area contributed by atoms with Crippen molar-refractivity contribution >= 4 is 0 Å². The van der Waals surface area contributed by atoms with E-state index < -0.39 is 29.8 Å². The third-order valence-electron chi connectivity index (χ3n) is 2.46. The van der Waals surface area contributed by atoms with Gasteiger partial charge >= 0.3 is 5.69 Å². The summed E-state index contributed by atoms with van der Waals surface area (Å²) >= 11 is 0. The lowest BCUT2D eigenvalue weighted by Crippen LogP contribution is -2.34. The third-order valence-corrected chi connectivity index (χ3v) is 2.46. The van der Waals surface area contributed by atoms with E-state index in [4.69, 9.17) is 9.84 Å². The van der Waals surface area contributed by atoms with Gasteiger partial charge in [-0.05, 0) is 0 Å². The van der Waals surface area contributed by atoms with Crippen LogP contribution in [-0.4, -0.2) is 33.5 Å². The number of ether oxygens (including phenoxy) is 1. The Bertz CT molecular complexity index is 484. The van der Waals surface area contributed by atoms with Crippen LogP contribution in [-0.2, 0) is 4.74 Å². The number of halogens is 1. The molecule has 0 spiro atoms. The van der Waals surface area contributed by atoms with Crippen molar-refractivity contribution in [1.82, 2.24) is 9.55 Å². The van der Waals surface area contributed by atoms with Gasteiger partial charge in [0.05, 0.1) is 12.7 Å². The third kappa shape index (κ3) is 3.05. The van der Waals surface area contributed by atoms with Gasteiger partial charge in [-0.25, -0.2) is 9.18 Å². The largest absolute Gasteiger partial charge is 0.394 e. The second-order valence-corrected chi connectivity index (χ2v) is 3.60. The van der Waals surface area contributed by atoms with Gasteiger partial charge in [-0.3, -0.25) is 14.3 Å². The van der Waals surface area contributed by atoms with E-state index in [1.807, 2.05) is 18.8 Å². The van der Waals surface area contributed by atoms with Crippen LogP contribution in [0.3, 0.4) is 0 Å². The maximum Gasteiger partial charge on any atom is 0.330 e. The van der Waals surface area contributed by atoms with E-state index in [2.05, 4.69) is 0 Å². The predicted octanol–water partition coefficient (Wildman–Crippen LogP) is 0.181. The molecule has 2 heterocycles. The van der Waals surface area contributed by atoms with Crippen molar-refractivity contribution in [2.45, 2.75) is 38.8 Å². The summed E-state index contributed by atoms with van der Waals surface area (Å²) in [6.45, 7) is 3.70. The summed E-state index contributed by atoms with van der Waals surface area (Å²) in [7, 11) is 0. The maximum absolute atomic E-state index is 13.5. The highest BCUT2D eigenvalue weighted by Crippen LogP contribution is 2.29. The Kier molecular flexibility index (Phi) is 5.24. The average molecular weight is 260 g/mol. The van der Waals surface area contributed by atoms with E-state index in [9.17, 15) is 14.0 Å². The molecule has 1 aromatic rings. The molecule has 3 atom stereocenters. The molecule has 7 heteroatoms. The number of aromatic amines is 1. The summed E-state index contributed by atoms with van der Waals surface area (Å²) in [4.78, 5) is 24.2. The van der Waals surface area contributed by atoms with Crippen LogP contribution in [0.5, 0.6) is 0 Å². The van der Waals surface area contributed by atoms with Gasteiger partial charge in [0, 0.05) is 18.7 Å². The van der Waals surface area contributed by atoms with Crippen molar-refractivity contribution in [1.29, 1.82) is 0 Å². The Morgan fingerprint density at radius 2 is 2.22 bits per heavy atom. The topological polar surface area (TPSA) is 84.3 Å². The van der Waals surface area contributed by atoms with Crippen molar-refractivity contribution in [2.24, 2.45) is 0 Å². The molecule has 1 aliphatic rings. The van der Waals surface area contributed by atoms with Crippen LogP contribution >= 0.6 is 0 Å². The van der Waals surface area contributed by atoms with Crippen LogP contribution in [0.1, 0.15) is 26.5 Å². The quantitative estimate of drug-likeness (QED) is 0.794. The smallest absolute Gasteiger partial charge is 0.330 e. The number of aliphatic hydroxyl groups is 1. The SMILES string of the molecule is CC.O=c1ccn(C2OC(CO)CC2F)c(=O)[nH]1. The Balaban J connectivity index is 0.000000771. The van der Waals surface area contributed by atoms with E-state index in [1.165, 1.54) is 6.20 Å². The fourth-order valence-electron chi connectivity index (χ4n) is 1.69. The summed E-state index contributed by atoms with van der Waals surface area (Å²) < 4.78 is 19.6. The summed E-state index contributed by atoms with van der Waals surface area (Å²) in [5, 5.41) is 8.83. The number of nitrogens with zero attached hydrogens (tertiary/aromatic N) is 1. The van der Waals surface area contributed by atoms with Gasteiger partial charge in [-0.2, -0.15) is 0 Å². The maximum atomic E-state index is 13.5. The summed E-state index contributed by atoms with van der Waals surface area (Å²) in [5.41, 5.74) is -1.27. The molecule has 0 aliphatic carbocycles. The lowest BCUT2D eigenvalue weighted by atomic mass is 10.2. The molecule has 1 aliphatic heterocycles. The first-order valence-electron chi connectivity index (χ1n) is 5.83. The lowest BCUT2D eigenvalue weighted by Gasteiger charge is -2.15. The van der Waals surface area contributed by atoms with E-state index in [0.29, 0.717) is 0 Å². The van der Waals surface area contributed by atoms with E-state index >= 15 is 0 Å². The van der Waals surface area contributed by atoms with Crippen molar-refractivity contribution in [3.05, 3.63) is 33.1 Å². The first-order chi connectivity index (χ1) is 8.61. The fourth-order valence-corrected chi connectivity index (χ4v) is 1.69. The molecule has 0 radical (unpaired) electrons. The van der Waals surface area contributed by atoms with Crippen molar-refractivity contribution in [3.8, 4) is 0 Å². The van der Waals surface area contributed by atoms with Gasteiger partial charge in [0.2, 0.25) is 0 Å². The standard InChI is InChI=1S/C9H11FN2O4.C2H6/c10-6-3-5(4-13)16-8(6)12-2-1-7(14)11-9(12)15;1-2/h1-2,5-6,8,13H,3-4H2,(H,11,14,15);1-2H3. The molecule has 1 aromatic heterocycles. The van der Waals surface area contributed by atoms with Crippen LogP contribution in [0.25, 0.3) is 0 Å². The highest BCUT2D eigenvalue weighted by molar-refractivity contribution is 4.88. The Morgan fingerprint density at radius 3 is 2.72 bits per heavy atom. The molecule has 0 saturated carbocycles. The van der Waals surface area contributed by atoms with Crippen molar-refractivity contribution in [2.75, 3.05) is 6.61 Å². The Hall–Kier alpha value is -1.47. The van der Waals surface area contributed by atoms with Crippen LogP contribution in [0.4, 0.5) is 4.39 Å². The molecule has 18 heavy (non-hydrogen) atoms. The number of rotatable bonds is 2. The molecule has 0 bridgehead atoms. The zero-order chi connectivity index (χ0) is 13.7. The normalized spacial score (nSPS) is 26.6. The first kappa shape index (κ1) is 14.6. The number of aromatic nitrogens is 2. The van der Waals surface area contributed by atoms with Gasteiger partial charge in [-0.15, -0.1) is 0 Å². The number of hydrogen-bond donors (Lipinski definition) is 2. The Labute approximate surface area is 103 Å². The highest BCUT2D eigenvalue weighted by atomic mass is 19.1. The molecule has 3 unspecified atom stereocenters. The van der Waals surface area contributed by atoms with Crippen LogP contribution in [0.2, 0.25) is 0 Å². The monoisotopic (exact) mass is 260 g/mol. The van der Waals surface area contributed by atoms with E-state index in [1.54, 1.807) is 0 Å².